The maximum Gasteiger partial charge on any atom is 0.311 e. The van der Waals surface area contributed by atoms with E-state index in [1.165, 1.54) is 11.5 Å². The zero-order valence-corrected chi connectivity index (χ0v) is 11.4. The van der Waals surface area contributed by atoms with Gasteiger partial charge in [-0.2, -0.15) is 4.37 Å². The number of carboxylic acid groups (broad SMARTS) is 1. The quantitative estimate of drug-likeness (QED) is 0.822. The monoisotopic (exact) mass is 269 g/mol. The van der Waals surface area contributed by atoms with E-state index in [9.17, 15) is 9.90 Å². The first-order chi connectivity index (χ1) is 8.62. The molecule has 0 spiro atoms. The summed E-state index contributed by atoms with van der Waals surface area (Å²) in [5, 5.41) is 13.4. The van der Waals surface area contributed by atoms with Crippen molar-refractivity contribution >= 4 is 22.6 Å². The summed E-state index contributed by atoms with van der Waals surface area (Å²) in [6, 6.07) is 0. The molecular formula is C12H19N3O2S. The topological polar surface area (TPSA) is 75.1 Å². The van der Waals surface area contributed by atoms with Crippen molar-refractivity contribution in [3.8, 4) is 0 Å². The molecule has 6 heteroatoms. The molecular weight excluding hydrogens is 250 g/mol. The van der Waals surface area contributed by atoms with Crippen molar-refractivity contribution in [2.45, 2.75) is 45.4 Å². The molecule has 18 heavy (non-hydrogen) atoms. The largest absolute Gasteiger partial charge is 0.481 e. The fourth-order valence-electron chi connectivity index (χ4n) is 2.49. The number of nitrogens with one attached hydrogen (secondary N) is 1. The van der Waals surface area contributed by atoms with E-state index < -0.39 is 11.4 Å². The van der Waals surface area contributed by atoms with Crippen LogP contribution in [0.4, 0.5) is 5.13 Å². The molecule has 100 valence electrons. The van der Waals surface area contributed by atoms with Crippen LogP contribution in [0.3, 0.4) is 0 Å². The van der Waals surface area contributed by atoms with Crippen molar-refractivity contribution in [3.63, 3.8) is 0 Å². The van der Waals surface area contributed by atoms with Crippen LogP contribution >= 0.6 is 11.5 Å². The van der Waals surface area contributed by atoms with Crippen LogP contribution in [0.2, 0.25) is 0 Å². The molecule has 1 saturated carbocycles. The first-order valence-electron chi connectivity index (χ1n) is 6.40. The molecule has 5 nitrogen and oxygen atoms in total. The third-order valence-corrected chi connectivity index (χ3v) is 4.38. The van der Waals surface area contributed by atoms with E-state index in [4.69, 9.17) is 0 Å². The van der Waals surface area contributed by atoms with Crippen LogP contribution in [-0.2, 0) is 4.79 Å². The SMILES string of the molecule is Cc1nsc(NCC2(C(=O)O)CCCCCC2)n1. The lowest BCUT2D eigenvalue weighted by Gasteiger charge is -2.27. The smallest absolute Gasteiger partial charge is 0.311 e. The molecule has 2 N–H and O–H groups in total. The van der Waals surface area contributed by atoms with E-state index in [0.717, 1.165) is 49.5 Å². The minimum absolute atomic E-state index is 0.455. The van der Waals surface area contributed by atoms with Gasteiger partial charge in [0.25, 0.3) is 0 Å². The molecule has 1 heterocycles. The van der Waals surface area contributed by atoms with Gasteiger partial charge in [0.2, 0.25) is 5.13 Å². The number of carboxylic acids is 1. The fraction of sp³-hybridized carbons (Fsp3) is 0.750. The Morgan fingerprint density at radius 2 is 2.06 bits per heavy atom. The molecule has 2 rings (SSSR count). The van der Waals surface area contributed by atoms with Crippen molar-refractivity contribution in [2.24, 2.45) is 5.41 Å². The Kier molecular flexibility index (Phi) is 4.16. The first kappa shape index (κ1) is 13.3. The minimum Gasteiger partial charge on any atom is -0.481 e. The standard InChI is InChI=1S/C12H19N3O2S/c1-9-14-11(18-15-9)13-8-12(10(16)17)6-4-2-3-5-7-12/h2-8H2,1H3,(H,16,17)(H,13,14,15). The maximum absolute atomic E-state index is 11.6. The van der Waals surface area contributed by atoms with Crippen molar-refractivity contribution in [1.82, 2.24) is 9.36 Å². The van der Waals surface area contributed by atoms with Crippen LogP contribution in [0.15, 0.2) is 0 Å². The van der Waals surface area contributed by atoms with E-state index in [1.54, 1.807) is 0 Å². The summed E-state index contributed by atoms with van der Waals surface area (Å²) in [7, 11) is 0. The van der Waals surface area contributed by atoms with Gasteiger partial charge in [-0.25, -0.2) is 4.98 Å². The molecule has 1 aromatic heterocycles. The van der Waals surface area contributed by atoms with Gasteiger partial charge in [-0.15, -0.1) is 0 Å². The predicted octanol–water partition coefficient (Wildman–Crippen LogP) is 2.68. The minimum atomic E-state index is -0.682. The molecule has 0 bridgehead atoms. The highest BCUT2D eigenvalue weighted by molar-refractivity contribution is 7.09. The van der Waals surface area contributed by atoms with Gasteiger partial charge < -0.3 is 10.4 Å². The molecule has 0 amide bonds. The lowest BCUT2D eigenvalue weighted by molar-refractivity contribution is -0.149. The number of aryl methyl sites for hydroxylation is 1. The summed E-state index contributed by atoms with van der Waals surface area (Å²) in [5.74, 6) is 0.0471. The third-order valence-electron chi connectivity index (χ3n) is 3.62. The van der Waals surface area contributed by atoms with Gasteiger partial charge in [0.15, 0.2) is 0 Å². The van der Waals surface area contributed by atoms with Crippen molar-refractivity contribution in [3.05, 3.63) is 5.82 Å². The van der Waals surface area contributed by atoms with Crippen LogP contribution in [0, 0.1) is 12.3 Å². The summed E-state index contributed by atoms with van der Waals surface area (Å²) >= 11 is 1.29. The van der Waals surface area contributed by atoms with Gasteiger partial charge in [-0.1, -0.05) is 25.7 Å². The zero-order valence-electron chi connectivity index (χ0n) is 10.6. The van der Waals surface area contributed by atoms with Crippen molar-refractivity contribution in [2.75, 3.05) is 11.9 Å². The van der Waals surface area contributed by atoms with E-state index >= 15 is 0 Å². The average Bonchev–Trinajstić information content (AvgIpc) is 2.62. The van der Waals surface area contributed by atoms with E-state index in [2.05, 4.69) is 14.7 Å². The molecule has 1 fully saturated rings. The Bertz CT molecular complexity index is 411. The second kappa shape index (κ2) is 5.65. The van der Waals surface area contributed by atoms with Crippen LogP contribution in [0.5, 0.6) is 0 Å². The lowest BCUT2D eigenvalue weighted by Crippen LogP contribution is -2.37. The number of hydrogen-bond donors (Lipinski definition) is 2. The molecule has 0 unspecified atom stereocenters. The number of hydrogen-bond acceptors (Lipinski definition) is 5. The van der Waals surface area contributed by atoms with Crippen LogP contribution in [0.25, 0.3) is 0 Å². The number of nitrogens with zero attached hydrogens (tertiary/aromatic N) is 2. The Hall–Kier alpha value is -1.17. The fourth-order valence-corrected chi connectivity index (χ4v) is 3.05. The van der Waals surface area contributed by atoms with Crippen LogP contribution in [0.1, 0.15) is 44.3 Å². The maximum atomic E-state index is 11.6. The number of carbonyl (C=O) groups is 1. The van der Waals surface area contributed by atoms with Gasteiger partial charge in [0, 0.05) is 18.1 Å². The summed E-state index contributed by atoms with van der Waals surface area (Å²) < 4.78 is 4.09. The average molecular weight is 269 g/mol. The molecule has 0 aliphatic heterocycles. The highest BCUT2D eigenvalue weighted by atomic mass is 32.1. The van der Waals surface area contributed by atoms with Gasteiger partial charge >= 0.3 is 5.97 Å². The number of rotatable bonds is 4. The molecule has 0 aromatic carbocycles. The van der Waals surface area contributed by atoms with Gasteiger partial charge in [0.1, 0.15) is 5.82 Å². The van der Waals surface area contributed by atoms with Gasteiger partial charge in [0.05, 0.1) is 5.41 Å². The van der Waals surface area contributed by atoms with Gasteiger partial charge in [-0.05, 0) is 19.8 Å². The zero-order chi connectivity index (χ0) is 13.0. The summed E-state index contributed by atoms with van der Waals surface area (Å²) in [4.78, 5) is 15.8. The number of anilines is 1. The Morgan fingerprint density at radius 3 is 2.56 bits per heavy atom. The Labute approximate surface area is 111 Å². The van der Waals surface area contributed by atoms with Crippen molar-refractivity contribution < 1.29 is 9.90 Å². The molecule has 0 radical (unpaired) electrons. The highest BCUT2D eigenvalue weighted by Crippen LogP contribution is 2.35. The number of aliphatic carboxylic acids is 1. The van der Waals surface area contributed by atoms with E-state index in [-0.39, 0.29) is 0 Å². The third kappa shape index (κ3) is 2.98. The van der Waals surface area contributed by atoms with Crippen LogP contribution in [-0.4, -0.2) is 27.0 Å². The Balaban J connectivity index is 2.03. The second-order valence-corrected chi connectivity index (χ2v) is 5.75. The molecule has 1 aliphatic rings. The van der Waals surface area contributed by atoms with E-state index in [0.29, 0.717) is 6.54 Å². The molecule has 0 atom stereocenters. The Morgan fingerprint density at radius 1 is 1.39 bits per heavy atom. The summed E-state index contributed by atoms with van der Waals surface area (Å²) in [6.45, 7) is 2.29. The molecule has 1 aliphatic carbocycles. The highest BCUT2D eigenvalue weighted by Gasteiger charge is 2.38. The summed E-state index contributed by atoms with van der Waals surface area (Å²) in [6.07, 6.45) is 5.81. The predicted molar refractivity (Wildman–Crippen MR) is 70.9 cm³/mol. The van der Waals surface area contributed by atoms with Crippen LogP contribution < -0.4 is 5.32 Å². The molecule has 0 saturated heterocycles. The number of aromatic nitrogens is 2. The second-order valence-electron chi connectivity index (χ2n) is 5.00. The first-order valence-corrected chi connectivity index (χ1v) is 7.17. The van der Waals surface area contributed by atoms with E-state index in [1.807, 2.05) is 6.92 Å². The van der Waals surface area contributed by atoms with Gasteiger partial charge in [-0.3, -0.25) is 4.79 Å². The molecule has 1 aromatic rings. The van der Waals surface area contributed by atoms with Crippen molar-refractivity contribution in [1.29, 1.82) is 0 Å². The summed E-state index contributed by atoms with van der Waals surface area (Å²) in [5.41, 5.74) is -0.629. The lowest BCUT2D eigenvalue weighted by atomic mass is 9.80. The normalized spacial score (nSPS) is 19.2.